The molecule has 1 nitrogen and oxygen atoms in total. The van der Waals surface area contributed by atoms with Gasteiger partial charge in [0.1, 0.15) is 0 Å². The first-order chi connectivity index (χ1) is 6.88. The molecule has 0 aromatic heterocycles. The van der Waals surface area contributed by atoms with E-state index in [0.717, 1.165) is 30.0 Å². The Hall–Kier alpha value is -0.180. The van der Waals surface area contributed by atoms with Crippen LogP contribution in [0.4, 0.5) is 0 Å². The van der Waals surface area contributed by atoms with Gasteiger partial charge in [0.25, 0.3) is 0 Å². The summed E-state index contributed by atoms with van der Waals surface area (Å²) in [5, 5.41) is 9.09. The minimum Gasteiger partial charge on any atom is -0.392 e. The van der Waals surface area contributed by atoms with Gasteiger partial charge in [0.05, 0.1) is 6.61 Å². The topological polar surface area (TPSA) is 20.2 Å². The predicted octanol–water partition coefficient (Wildman–Crippen LogP) is 3.29. The quantitative estimate of drug-likeness (QED) is 0.460. The van der Waals surface area contributed by atoms with Gasteiger partial charge in [-0.3, -0.25) is 0 Å². The van der Waals surface area contributed by atoms with E-state index in [2.05, 4.69) is 6.07 Å². The van der Waals surface area contributed by atoms with Crippen molar-refractivity contribution in [1.29, 1.82) is 0 Å². The highest BCUT2D eigenvalue weighted by molar-refractivity contribution is 7.99. The second-order valence-electron chi connectivity index (χ2n) is 3.01. The van der Waals surface area contributed by atoms with E-state index in [0.29, 0.717) is 0 Å². The van der Waals surface area contributed by atoms with Gasteiger partial charge in [-0.05, 0) is 30.2 Å². The third-order valence-corrected chi connectivity index (χ3v) is 3.40. The molecule has 0 unspecified atom stereocenters. The van der Waals surface area contributed by atoms with Gasteiger partial charge < -0.3 is 5.11 Å². The number of halogens is 1. The lowest BCUT2D eigenvalue weighted by atomic mass is 10.2. The SMILES string of the molecule is OCc1ccccc1SCCCCCl. The Bertz CT molecular complexity index is 265. The Morgan fingerprint density at radius 1 is 1.21 bits per heavy atom. The highest BCUT2D eigenvalue weighted by Crippen LogP contribution is 2.23. The van der Waals surface area contributed by atoms with Crippen LogP contribution in [0.2, 0.25) is 0 Å². The van der Waals surface area contributed by atoms with Crippen LogP contribution < -0.4 is 0 Å². The van der Waals surface area contributed by atoms with Crippen molar-refractivity contribution in [2.24, 2.45) is 0 Å². The van der Waals surface area contributed by atoms with Gasteiger partial charge in [-0.2, -0.15) is 0 Å². The number of benzene rings is 1. The highest BCUT2D eigenvalue weighted by Gasteiger charge is 2.00. The summed E-state index contributed by atoms with van der Waals surface area (Å²) >= 11 is 7.39. The summed E-state index contributed by atoms with van der Waals surface area (Å²) in [6, 6.07) is 7.97. The third kappa shape index (κ3) is 3.91. The van der Waals surface area contributed by atoms with Crippen LogP contribution in [-0.4, -0.2) is 16.7 Å². The molecule has 1 aromatic carbocycles. The number of unbranched alkanes of at least 4 members (excludes halogenated alkanes) is 1. The van der Waals surface area contributed by atoms with Crippen molar-refractivity contribution in [3.8, 4) is 0 Å². The number of aliphatic hydroxyl groups excluding tert-OH is 1. The largest absolute Gasteiger partial charge is 0.392 e. The van der Waals surface area contributed by atoms with Gasteiger partial charge in [0.2, 0.25) is 0 Å². The number of rotatable bonds is 6. The molecule has 0 aliphatic heterocycles. The summed E-state index contributed by atoms with van der Waals surface area (Å²) in [4.78, 5) is 1.18. The molecule has 0 heterocycles. The van der Waals surface area contributed by atoms with Crippen LogP contribution in [0.3, 0.4) is 0 Å². The molecule has 0 bridgehead atoms. The molecule has 0 radical (unpaired) electrons. The van der Waals surface area contributed by atoms with Crippen LogP contribution in [-0.2, 0) is 6.61 Å². The number of hydrogen-bond donors (Lipinski definition) is 1. The molecule has 0 fully saturated rings. The lowest BCUT2D eigenvalue weighted by molar-refractivity contribution is 0.279. The molecule has 1 N–H and O–H groups in total. The molecule has 0 amide bonds. The molecule has 0 spiro atoms. The number of alkyl halides is 1. The standard InChI is InChI=1S/C11H15ClOS/c12-7-3-4-8-14-11-6-2-1-5-10(11)9-13/h1-2,5-6,13H,3-4,7-9H2. The molecule has 0 atom stereocenters. The van der Waals surface area contributed by atoms with Crippen molar-refractivity contribution in [3.05, 3.63) is 29.8 Å². The normalized spacial score (nSPS) is 10.4. The maximum absolute atomic E-state index is 9.09. The van der Waals surface area contributed by atoms with Crippen LogP contribution in [0.1, 0.15) is 18.4 Å². The van der Waals surface area contributed by atoms with Crippen LogP contribution in [0.5, 0.6) is 0 Å². The molecule has 3 heteroatoms. The van der Waals surface area contributed by atoms with Gasteiger partial charge in [-0.15, -0.1) is 23.4 Å². The average Bonchev–Trinajstić information content (AvgIpc) is 2.25. The second-order valence-corrected chi connectivity index (χ2v) is 4.53. The first kappa shape index (κ1) is 11.9. The Balaban J connectivity index is 2.41. The molecule has 14 heavy (non-hydrogen) atoms. The number of thioether (sulfide) groups is 1. The van der Waals surface area contributed by atoms with E-state index in [4.69, 9.17) is 16.7 Å². The van der Waals surface area contributed by atoms with Crippen molar-refractivity contribution in [3.63, 3.8) is 0 Å². The molecular weight excluding hydrogens is 216 g/mol. The lowest BCUT2D eigenvalue weighted by Crippen LogP contribution is -1.88. The fourth-order valence-corrected chi connectivity index (χ4v) is 2.40. The maximum atomic E-state index is 9.09. The summed E-state index contributed by atoms with van der Waals surface area (Å²) in [7, 11) is 0. The first-order valence-electron chi connectivity index (χ1n) is 4.76. The minimum absolute atomic E-state index is 0.124. The summed E-state index contributed by atoms with van der Waals surface area (Å²) in [5.41, 5.74) is 1.02. The molecule has 0 aliphatic rings. The third-order valence-electron chi connectivity index (χ3n) is 1.93. The highest BCUT2D eigenvalue weighted by atomic mass is 35.5. The maximum Gasteiger partial charge on any atom is 0.0692 e. The molecule has 78 valence electrons. The van der Waals surface area contributed by atoms with E-state index in [1.54, 1.807) is 11.8 Å². The molecular formula is C11H15ClOS. The summed E-state index contributed by atoms with van der Waals surface area (Å²) < 4.78 is 0. The van der Waals surface area contributed by atoms with E-state index >= 15 is 0 Å². The predicted molar refractivity (Wildman–Crippen MR) is 63.0 cm³/mol. The smallest absolute Gasteiger partial charge is 0.0692 e. The first-order valence-corrected chi connectivity index (χ1v) is 6.28. The fraction of sp³-hybridized carbons (Fsp3) is 0.455. The molecule has 0 aliphatic carbocycles. The van der Waals surface area contributed by atoms with Gasteiger partial charge in [0.15, 0.2) is 0 Å². The molecule has 1 aromatic rings. The van der Waals surface area contributed by atoms with E-state index < -0.39 is 0 Å². The van der Waals surface area contributed by atoms with Crippen molar-refractivity contribution >= 4 is 23.4 Å². The van der Waals surface area contributed by atoms with Crippen LogP contribution in [0.25, 0.3) is 0 Å². The van der Waals surface area contributed by atoms with E-state index in [1.807, 2.05) is 18.2 Å². The Kier molecular flexibility index (Phi) is 6.08. The Morgan fingerprint density at radius 3 is 2.71 bits per heavy atom. The van der Waals surface area contributed by atoms with E-state index in [9.17, 15) is 0 Å². The molecule has 1 rings (SSSR count). The van der Waals surface area contributed by atoms with Crippen molar-refractivity contribution in [2.45, 2.75) is 24.3 Å². The monoisotopic (exact) mass is 230 g/mol. The summed E-state index contributed by atoms with van der Waals surface area (Å²) in [6.45, 7) is 0.124. The van der Waals surface area contributed by atoms with Crippen LogP contribution >= 0.6 is 23.4 Å². The molecule has 0 saturated heterocycles. The zero-order chi connectivity index (χ0) is 10.2. The molecule has 0 saturated carbocycles. The van der Waals surface area contributed by atoms with E-state index in [1.165, 1.54) is 4.90 Å². The minimum atomic E-state index is 0.124. The zero-order valence-electron chi connectivity index (χ0n) is 8.08. The zero-order valence-corrected chi connectivity index (χ0v) is 9.65. The number of hydrogen-bond acceptors (Lipinski definition) is 2. The van der Waals surface area contributed by atoms with Crippen LogP contribution in [0, 0.1) is 0 Å². The number of aliphatic hydroxyl groups is 1. The Labute approximate surface area is 94.5 Å². The lowest BCUT2D eigenvalue weighted by Gasteiger charge is -2.05. The fourth-order valence-electron chi connectivity index (χ4n) is 1.15. The van der Waals surface area contributed by atoms with Crippen LogP contribution in [0.15, 0.2) is 29.2 Å². The van der Waals surface area contributed by atoms with Crippen molar-refractivity contribution in [1.82, 2.24) is 0 Å². The van der Waals surface area contributed by atoms with Gasteiger partial charge in [-0.25, -0.2) is 0 Å². The summed E-state index contributed by atoms with van der Waals surface area (Å²) in [6.07, 6.45) is 2.20. The van der Waals surface area contributed by atoms with Gasteiger partial charge in [-0.1, -0.05) is 18.2 Å². The second kappa shape index (κ2) is 7.16. The van der Waals surface area contributed by atoms with E-state index in [-0.39, 0.29) is 6.61 Å². The van der Waals surface area contributed by atoms with Gasteiger partial charge in [0, 0.05) is 10.8 Å². The van der Waals surface area contributed by atoms with Crippen molar-refractivity contribution in [2.75, 3.05) is 11.6 Å². The van der Waals surface area contributed by atoms with Gasteiger partial charge >= 0.3 is 0 Å². The average molecular weight is 231 g/mol. The summed E-state index contributed by atoms with van der Waals surface area (Å²) in [5.74, 6) is 1.81. The van der Waals surface area contributed by atoms with Crippen molar-refractivity contribution < 1.29 is 5.11 Å². The Morgan fingerprint density at radius 2 is 2.00 bits per heavy atom.